The van der Waals surface area contributed by atoms with Crippen LogP contribution in [0.2, 0.25) is 0 Å². The Hall–Kier alpha value is -2.40. The molecule has 0 heterocycles. The Morgan fingerprint density at radius 3 is 1.31 bits per heavy atom. The molecule has 0 spiro atoms. The third kappa shape index (κ3) is 7.03. The normalized spacial score (nSPS) is 12.4. The average Bonchev–Trinajstić information content (AvgIpc) is 2.80. The van der Waals surface area contributed by atoms with E-state index in [0.29, 0.717) is 24.3 Å². The number of carbonyl (C=O) groups excluding carboxylic acids is 2. The molecule has 0 aliphatic rings. The van der Waals surface area contributed by atoms with Gasteiger partial charge in [-0.2, -0.15) is 26.3 Å². The van der Waals surface area contributed by atoms with Gasteiger partial charge in [0, 0.05) is 0 Å². The number of rotatable bonds is 10. The predicted octanol–water partition coefficient (Wildman–Crippen LogP) is 7.97. The topological polar surface area (TPSA) is 52.6 Å². The molecule has 14 heteroatoms. The monoisotopic (exact) mass is 636 g/mol. The fourth-order valence-corrected chi connectivity index (χ4v) is 3.92. The quantitative estimate of drug-likeness (QED) is 0.0872. The highest BCUT2D eigenvalue weighted by atomic mass is 35.5. The summed E-state index contributed by atoms with van der Waals surface area (Å²) >= 11 is 21.7. The van der Waals surface area contributed by atoms with Gasteiger partial charge in [-0.25, -0.2) is 9.59 Å². The summed E-state index contributed by atoms with van der Waals surface area (Å²) in [6.07, 6.45) is -10.0. The zero-order valence-corrected chi connectivity index (χ0v) is 22.5. The minimum atomic E-state index is -5.94. The Morgan fingerprint density at radius 2 is 1.05 bits per heavy atom. The second-order valence-corrected chi connectivity index (χ2v) is 10.0. The van der Waals surface area contributed by atoms with Crippen LogP contribution in [0.3, 0.4) is 0 Å². The second kappa shape index (κ2) is 12.8. The maximum Gasteiger partial charge on any atom is 0.411 e. The Morgan fingerprint density at radius 1 is 0.718 bits per heavy atom. The van der Waals surface area contributed by atoms with Crippen LogP contribution in [0.4, 0.5) is 26.3 Å². The summed E-state index contributed by atoms with van der Waals surface area (Å²) in [7, 11) is 0. The maximum atomic E-state index is 14.7. The molecule has 0 aromatic heterocycles. The predicted molar refractivity (Wildman–Crippen MR) is 136 cm³/mol. The van der Waals surface area contributed by atoms with E-state index >= 15 is 0 Å². The number of esters is 2. The minimum Gasteiger partial charge on any atom is -0.424 e. The molecule has 4 nitrogen and oxygen atoms in total. The summed E-state index contributed by atoms with van der Waals surface area (Å²) < 4.78 is 98.1. The number of halogens is 10. The van der Waals surface area contributed by atoms with E-state index in [1.54, 1.807) is 0 Å². The summed E-state index contributed by atoms with van der Waals surface area (Å²) in [5.74, 6) is -3.10. The molecular weight excluding hydrogens is 620 g/mol. The lowest BCUT2D eigenvalue weighted by Crippen LogP contribution is -2.54. The van der Waals surface area contributed by atoms with Gasteiger partial charge in [0.05, 0.1) is 0 Å². The molecule has 0 saturated heterocycles. The van der Waals surface area contributed by atoms with Gasteiger partial charge >= 0.3 is 24.3 Å². The van der Waals surface area contributed by atoms with Crippen molar-refractivity contribution in [2.24, 2.45) is 0 Å². The molecule has 0 unspecified atom stereocenters. The molecule has 0 saturated carbocycles. The van der Waals surface area contributed by atoms with Crippen molar-refractivity contribution < 1.29 is 45.4 Å². The third-order valence-corrected chi connectivity index (χ3v) is 6.06. The van der Waals surface area contributed by atoms with E-state index in [2.05, 4.69) is 13.2 Å². The van der Waals surface area contributed by atoms with Crippen LogP contribution >= 0.6 is 46.4 Å². The van der Waals surface area contributed by atoms with Crippen LogP contribution in [0.25, 0.3) is 0 Å². The molecule has 0 bridgehead atoms. The van der Waals surface area contributed by atoms with E-state index < -0.39 is 50.5 Å². The number of hydrogen-bond donors (Lipinski definition) is 0. The zero-order valence-electron chi connectivity index (χ0n) is 19.5. The number of hydrogen-bond acceptors (Lipinski definition) is 4. The Balaban J connectivity index is 2.90. The average molecular weight is 638 g/mol. The number of carbonyl (C=O) groups is 2. The molecule has 0 aliphatic carbocycles. The largest absolute Gasteiger partial charge is 0.424 e. The van der Waals surface area contributed by atoms with E-state index in [4.69, 9.17) is 55.9 Å². The molecule has 2 aromatic carbocycles. The van der Waals surface area contributed by atoms with Gasteiger partial charge in [-0.05, 0) is 47.2 Å². The molecule has 2 rings (SSSR count). The van der Waals surface area contributed by atoms with E-state index in [-0.39, 0.29) is 35.5 Å². The number of allylic oxidation sites excluding steroid dienone is 2. The second-order valence-electron chi connectivity index (χ2n) is 7.82. The van der Waals surface area contributed by atoms with Gasteiger partial charge in [0.1, 0.15) is 11.5 Å². The van der Waals surface area contributed by atoms with E-state index in [9.17, 15) is 35.9 Å². The first-order chi connectivity index (χ1) is 18.0. The molecule has 0 aliphatic heterocycles. The van der Waals surface area contributed by atoms with Crippen molar-refractivity contribution in [3.8, 4) is 11.5 Å². The van der Waals surface area contributed by atoms with E-state index in [0.717, 1.165) is 12.1 Å². The van der Waals surface area contributed by atoms with Crippen molar-refractivity contribution in [3.05, 3.63) is 84.0 Å². The molecule has 39 heavy (non-hydrogen) atoms. The number of ether oxygens (including phenoxy) is 2. The Bertz CT molecular complexity index is 1150. The van der Waals surface area contributed by atoms with Gasteiger partial charge in [0.15, 0.2) is 0 Å². The molecule has 2 aromatic rings. The van der Waals surface area contributed by atoms with Crippen molar-refractivity contribution in [2.75, 3.05) is 0 Å². The highest BCUT2D eigenvalue weighted by Crippen LogP contribution is 2.57. The summed E-state index contributed by atoms with van der Waals surface area (Å²) in [5.41, 5.74) is -7.49. The molecule has 0 atom stereocenters. The van der Waals surface area contributed by atoms with Gasteiger partial charge in [-0.15, -0.1) is 13.2 Å². The van der Waals surface area contributed by atoms with E-state index in [1.807, 2.05) is 0 Å². The summed E-state index contributed by atoms with van der Waals surface area (Å²) in [6, 6.07) is 3.82. The van der Waals surface area contributed by atoms with Crippen LogP contribution < -0.4 is 9.47 Å². The van der Waals surface area contributed by atoms with Crippen LogP contribution in [0.15, 0.2) is 61.7 Å². The smallest absolute Gasteiger partial charge is 0.411 e. The lowest BCUT2D eigenvalue weighted by Gasteiger charge is -2.39. The van der Waals surface area contributed by atoms with Crippen molar-refractivity contribution in [1.82, 2.24) is 0 Å². The molecule has 0 fully saturated rings. The molecule has 0 amide bonds. The lowest BCUT2D eigenvalue weighted by atomic mass is 9.72. The van der Waals surface area contributed by atoms with Gasteiger partial charge in [0.25, 0.3) is 0 Å². The molecule has 0 radical (unpaired) electrons. The van der Waals surface area contributed by atoms with Crippen molar-refractivity contribution in [1.29, 1.82) is 0 Å². The number of benzene rings is 2. The Labute approximate surface area is 239 Å². The first-order valence-corrected chi connectivity index (χ1v) is 12.4. The van der Waals surface area contributed by atoms with Crippen molar-refractivity contribution in [3.63, 3.8) is 0 Å². The summed E-state index contributed by atoms with van der Waals surface area (Å²) in [4.78, 5) is 20.3. The third-order valence-electron chi connectivity index (χ3n) is 5.34. The van der Waals surface area contributed by atoms with Gasteiger partial charge in [-0.3, -0.25) is 0 Å². The number of alkyl halides is 10. The van der Waals surface area contributed by atoms with Gasteiger partial charge in [0.2, 0.25) is 15.1 Å². The maximum absolute atomic E-state index is 14.7. The van der Waals surface area contributed by atoms with Crippen LogP contribution in [-0.2, 0) is 27.8 Å². The van der Waals surface area contributed by atoms with Gasteiger partial charge in [-0.1, -0.05) is 82.8 Å². The summed E-state index contributed by atoms with van der Waals surface area (Å²) in [6.45, 7) is 6.86. The summed E-state index contributed by atoms with van der Waals surface area (Å²) in [5, 5.41) is 0. The standard InChI is InChI=1S/C25H18Cl4F6O4/c1-3-5-13-11-15(7-9-17(13)38-21(36)19(26)27)23(24(30,31)32,25(33,34)35)16-8-10-18(14(12-16)6-4-2)39-22(37)20(28)29/h3-4,7-12,19-20H,1-2,5-6H2. The fraction of sp³-hybridized carbons (Fsp3) is 0.280. The first-order valence-electron chi connectivity index (χ1n) is 10.6. The fourth-order valence-electron chi connectivity index (χ4n) is 3.74. The highest BCUT2D eigenvalue weighted by molar-refractivity contribution is 6.53. The van der Waals surface area contributed by atoms with Crippen molar-refractivity contribution in [2.45, 2.75) is 40.3 Å². The van der Waals surface area contributed by atoms with Gasteiger partial charge < -0.3 is 9.47 Å². The SMILES string of the molecule is C=CCc1cc(C(c2ccc(OC(=O)C(Cl)Cl)c(CC=C)c2)(C(F)(F)F)C(F)(F)F)ccc1OC(=O)C(Cl)Cl. The van der Waals surface area contributed by atoms with Crippen LogP contribution in [0, 0.1) is 0 Å². The van der Waals surface area contributed by atoms with E-state index in [1.165, 1.54) is 12.2 Å². The molecule has 212 valence electrons. The highest BCUT2D eigenvalue weighted by Gasteiger charge is 2.72. The van der Waals surface area contributed by atoms with Crippen LogP contribution in [-0.4, -0.2) is 34.0 Å². The Kier molecular flexibility index (Phi) is 10.8. The van der Waals surface area contributed by atoms with Crippen LogP contribution in [0.1, 0.15) is 22.3 Å². The molecule has 0 N–H and O–H groups in total. The van der Waals surface area contributed by atoms with Crippen molar-refractivity contribution >= 4 is 58.3 Å². The van der Waals surface area contributed by atoms with Crippen LogP contribution in [0.5, 0.6) is 11.5 Å². The zero-order chi connectivity index (χ0) is 29.8. The first kappa shape index (κ1) is 32.8. The molecular formula is C25H18Cl4F6O4. The lowest BCUT2D eigenvalue weighted by molar-refractivity contribution is -0.288. The minimum absolute atomic E-state index is 0.227.